The molecule has 94 valence electrons. The van der Waals surface area contributed by atoms with E-state index in [2.05, 4.69) is 10.7 Å². The third kappa shape index (κ3) is 2.63. The van der Waals surface area contributed by atoms with Crippen LogP contribution in [0.1, 0.15) is 0 Å². The van der Waals surface area contributed by atoms with Crippen LogP contribution in [0.25, 0.3) is 0 Å². The highest BCUT2D eigenvalue weighted by atomic mass is 16.7. The SMILES string of the molecule is NO[C@@](N)(C(=O)O)[C@@H](O)[C@@H](O)[C@H](O)C(=O)O. The number of carbonyl (C=O) groups is 2. The van der Waals surface area contributed by atoms with Gasteiger partial charge in [-0.3, -0.25) is 10.6 Å². The maximum absolute atomic E-state index is 10.6. The van der Waals surface area contributed by atoms with Gasteiger partial charge in [-0.15, -0.1) is 0 Å². The highest BCUT2D eigenvalue weighted by Gasteiger charge is 2.49. The van der Waals surface area contributed by atoms with Crippen LogP contribution in [0.5, 0.6) is 0 Å². The van der Waals surface area contributed by atoms with Crippen LogP contribution in [0.3, 0.4) is 0 Å². The normalized spacial score (nSPS) is 20.6. The molecule has 0 aromatic heterocycles. The molecule has 0 unspecified atom stereocenters. The van der Waals surface area contributed by atoms with Crippen molar-refractivity contribution in [3.05, 3.63) is 0 Å². The molecule has 9 N–H and O–H groups in total. The van der Waals surface area contributed by atoms with Crippen LogP contribution in [0.4, 0.5) is 0 Å². The number of carboxylic acids is 2. The Hall–Kier alpha value is -1.30. The summed E-state index contributed by atoms with van der Waals surface area (Å²) in [4.78, 5) is 24.6. The molecule has 0 aromatic carbocycles. The van der Waals surface area contributed by atoms with Crippen molar-refractivity contribution in [2.45, 2.75) is 24.0 Å². The number of aliphatic hydroxyl groups is 3. The lowest BCUT2D eigenvalue weighted by Crippen LogP contribution is -2.66. The van der Waals surface area contributed by atoms with E-state index in [0.29, 0.717) is 0 Å². The van der Waals surface area contributed by atoms with Crippen LogP contribution in [0.2, 0.25) is 0 Å². The van der Waals surface area contributed by atoms with Gasteiger partial charge in [0, 0.05) is 0 Å². The number of nitrogens with two attached hydrogens (primary N) is 2. The van der Waals surface area contributed by atoms with Gasteiger partial charge in [-0.05, 0) is 0 Å². The standard InChI is InChI=1S/C6H12N2O8/c7-6(16-8,5(14)15)3(11)1(9)2(10)4(12)13/h1-3,9-11H,7-8H2,(H,12,13)(H,14,15)/t1-,2-,3-,6+/m0/s1. The molecular weight excluding hydrogens is 228 g/mol. The van der Waals surface area contributed by atoms with Crippen LogP contribution < -0.4 is 11.6 Å². The zero-order chi connectivity index (χ0) is 13.1. The van der Waals surface area contributed by atoms with Gasteiger partial charge in [0.25, 0.3) is 5.72 Å². The van der Waals surface area contributed by atoms with Crippen LogP contribution in [0, 0.1) is 0 Å². The average Bonchev–Trinajstić information content (AvgIpc) is 2.24. The fourth-order valence-electron chi connectivity index (χ4n) is 0.819. The summed E-state index contributed by atoms with van der Waals surface area (Å²) in [5, 5.41) is 44.0. The summed E-state index contributed by atoms with van der Waals surface area (Å²) < 4.78 is 0. The molecule has 0 aliphatic carbocycles. The Morgan fingerprint density at radius 1 is 1.19 bits per heavy atom. The minimum absolute atomic E-state index is 1.88. The first-order chi connectivity index (χ1) is 7.18. The maximum Gasteiger partial charge on any atom is 0.356 e. The van der Waals surface area contributed by atoms with Gasteiger partial charge in [0.1, 0.15) is 12.2 Å². The minimum Gasteiger partial charge on any atom is -0.479 e. The predicted octanol–water partition coefficient (Wildman–Crippen LogP) is -4.22. The second kappa shape index (κ2) is 5.16. The van der Waals surface area contributed by atoms with E-state index in [-0.39, 0.29) is 0 Å². The third-order valence-corrected chi connectivity index (χ3v) is 1.87. The molecule has 0 rings (SSSR count). The van der Waals surface area contributed by atoms with Gasteiger partial charge in [-0.1, -0.05) is 0 Å². The summed E-state index contributed by atoms with van der Waals surface area (Å²) in [6.07, 6.45) is -7.27. The Balaban J connectivity index is 4.96. The van der Waals surface area contributed by atoms with E-state index >= 15 is 0 Å². The van der Waals surface area contributed by atoms with E-state index in [1.54, 1.807) is 0 Å². The van der Waals surface area contributed by atoms with Gasteiger partial charge >= 0.3 is 11.9 Å². The zero-order valence-corrected chi connectivity index (χ0v) is 7.85. The summed E-state index contributed by atoms with van der Waals surface area (Å²) in [6, 6.07) is 0. The first-order valence-electron chi connectivity index (χ1n) is 3.85. The maximum atomic E-state index is 10.6. The van der Waals surface area contributed by atoms with Crippen LogP contribution >= 0.6 is 0 Å². The van der Waals surface area contributed by atoms with Crippen molar-refractivity contribution in [3.8, 4) is 0 Å². The summed E-state index contributed by atoms with van der Waals surface area (Å²) >= 11 is 0. The van der Waals surface area contributed by atoms with Crippen molar-refractivity contribution in [1.29, 1.82) is 0 Å². The Morgan fingerprint density at radius 3 is 1.88 bits per heavy atom. The Bertz CT molecular complexity index is 284. The van der Waals surface area contributed by atoms with E-state index < -0.39 is 36.0 Å². The quantitative estimate of drug-likeness (QED) is 0.176. The Kier molecular flexibility index (Phi) is 4.74. The summed E-state index contributed by atoms with van der Waals surface area (Å²) in [6.45, 7) is 0. The molecule has 0 saturated heterocycles. The minimum atomic E-state index is -2.93. The van der Waals surface area contributed by atoms with E-state index in [9.17, 15) is 14.7 Å². The molecule has 0 fully saturated rings. The lowest BCUT2D eigenvalue weighted by atomic mass is 9.98. The fourth-order valence-corrected chi connectivity index (χ4v) is 0.819. The lowest BCUT2D eigenvalue weighted by Gasteiger charge is -2.31. The highest BCUT2D eigenvalue weighted by molar-refractivity contribution is 5.78. The summed E-state index contributed by atoms with van der Waals surface area (Å²) in [5.74, 6) is 0.693. The molecule has 0 radical (unpaired) electrons. The summed E-state index contributed by atoms with van der Waals surface area (Å²) in [7, 11) is 0. The van der Waals surface area contributed by atoms with Crippen molar-refractivity contribution in [1.82, 2.24) is 0 Å². The van der Waals surface area contributed by atoms with Crippen LogP contribution in [0.15, 0.2) is 0 Å². The van der Waals surface area contributed by atoms with Crippen molar-refractivity contribution in [2.24, 2.45) is 11.6 Å². The number of aliphatic hydroxyl groups excluding tert-OH is 3. The number of carboxylic acid groups (broad SMARTS) is 2. The van der Waals surface area contributed by atoms with Crippen molar-refractivity contribution in [2.75, 3.05) is 0 Å². The molecule has 0 aliphatic rings. The Morgan fingerprint density at radius 2 is 1.62 bits per heavy atom. The molecule has 0 aliphatic heterocycles. The molecule has 0 bridgehead atoms. The molecule has 16 heavy (non-hydrogen) atoms. The average molecular weight is 240 g/mol. The highest BCUT2D eigenvalue weighted by Crippen LogP contribution is 2.14. The van der Waals surface area contributed by atoms with E-state index in [0.717, 1.165) is 0 Å². The van der Waals surface area contributed by atoms with E-state index in [4.69, 9.17) is 26.2 Å². The topological polar surface area (TPSA) is 197 Å². The van der Waals surface area contributed by atoms with Gasteiger partial charge in [0.2, 0.25) is 0 Å². The number of aliphatic carboxylic acids is 2. The smallest absolute Gasteiger partial charge is 0.356 e. The van der Waals surface area contributed by atoms with Crippen LogP contribution in [-0.4, -0.2) is 61.5 Å². The van der Waals surface area contributed by atoms with Crippen molar-refractivity contribution >= 4 is 11.9 Å². The first kappa shape index (κ1) is 14.7. The number of hydrogen-bond donors (Lipinski definition) is 7. The van der Waals surface area contributed by atoms with Crippen molar-refractivity contribution < 1.29 is 40.0 Å². The fraction of sp³-hybridized carbons (Fsp3) is 0.667. The Labute approximate surface area is 88.6 Å². The molecule has 0 aromatic rings. The van der Waals surface area contributed by atoms with Gasteiger partial charge in [0.15, 0.2) is 6.10 Å². The predicted molar refractivity (Wildman–Crippen MR) is 45.5 cm³/mol. The molecule has 0 saturated carbocycles. The molecule has 4 atom stereocenters. The number of rotatable bonds is 6. The molecule has 0 amide bonds. The molecule has 0 heterocycles. The molecule has 10 heteroatoms. The largest absolute Gasteiger partial charge is 0.479 e. The molecule has 0 spiro atoms. The molecule has 10 nitrogen and oxygen atoms in total. The first-order valence-corrected chi connectivity index (χ1v) is 3.85. The van der Waals surface area contributed by atoms with Gasteiger partial charge in [-0.2, -0.15) is 0 Å². The number of hydrogen-bond acceptors (Lipinski definition) is 8. The molecular formula is C6H12N2O8. The third-order valence-electron chi connectivity index (χ3n) is 1.87. The zero-order valence-electron chi connectivity index (χ0n) is 7.85. The second-order valence-electron chi connectivity index (χ2n) is 2.93. The summed E-state index contributed by atoms with van der Waals surface area (Å²) in [5.41, 5.74) is 2.03. The van der Waals surface area contributed by atoms with Gasteiger partial charge < -0.3 is 25.5 Å². The monoisotopic (exact) mass is 240 g/mol. The van der Waals surface area contributed by atoms with E-state index in [1.807, 2.05) is 0 Å². The van der Waals surface area contributed by atoms with Gasteiger partial charge in [0.05, 0.1) is 0 Å². The van der Waals surface area contributed by atoms with E-state index in [1.165, 1.54) is 0 Å². The van der Waals surface area contributed by atoms with Gasteiger partial charge in [-0.25, -0.2) is 15.5 Å². The van der Waals surface area contributed by atoms with Crippen LogP contribution in [-0.2, 0) is 14.4 Å². The lowest BCUT2D eigenvalue weighted by molar-refractivity contribution is -0.206. The van der Waals surface area contributed by atoms with Crippen molar-refractivity contribution in [3.63, 3.8) is 0 Å². The second-order valence-corrected chi connectivity index (χ2v) is 2.93.